The Bertz CT molecular complexity index is 630. The van der Waals surface area contributed by atoms with Gasteiger partial charge in [0.2, 0.25) is 0 Å². The lowest BCUT2D eigenvalue weighted by atomic mass is 10.2. The summed E-state index contributed by atoms with van der Waals surface area (Å²) in [5, 5.41) is 3.87. The van der Waals surface area contributed by atoms with Crippen LogP contribution in [0.15, 0.2) is 30.3 Å². The Morgan fingerprint density at radius 1 is 1.05 bits per heavy atom. The standard InChI is InChI=1S/C15H14Cl2FNO2/c1-20-14-4-9(3-13(17)15(14)21-2)8-19-12-6-10(16)5-11(18)7-12/h3-7,19H,8H2,1-2H3. The number of halogens is 3. The molecule has 0 saturated carbocycles. The van der Waals surface area contributed by atoms with Crippen LogP contribution in [0.3, 0.4) is 0 Å². The molecule has 2 rings (SSSR count). The first-order chi connectivity index (χ1) is 10.0. The molecule has 112 valence electrons. The first-order valence-corrected chi connectivity index (χ1v) is 6.89. The van der Waals surface area contributed by atoms with E-state index in [0.29, 0.717) is 33.8 Å². The van der Waals surface area contributed by atoms with Gasteiger partial charge in [0, 0.05) is 17.3 Å². The average molecular weight is 330 g/mol. The van der Waals surface area contributed by atoms with Gasteiger partial charge in [-0.15, -0.1) is 0 Å². The zero-order valence-electron chi connectivity index (χ0n) is 11.5. The van der Waals surface area contributed by atoms with Crippen molar-refractivity contribution < 1.29 is 13.9 Å². The van der Waals surface area contributed by atoms with E-state index in [4.69, 9.17) is 32.7 Å². The van der Waals surface area contributed by atoms with Gasteiger partial charge in [-0.3, -0.25) is 0 Å². The summed E-state index contributed by atoms with van der Waals surface area (Å²) < 4.78 is 23.7. The minimum Gasteiger partial charge on any atom is -0.493 e. The van der Waals surface area contributed by atoms with E-state index in [-0.39, 0.29) is 0 Å². The molecule has 21 heavy (non-hydrogen) atoms. The molecule has 0 fully saturated rings. The normalized spacial score (nSPS) is 10.3. The molecule has 0 amide bonds. The van der Waals surface area contributed by atoms with Gasteiger partial charge >= 0.3 is 0 Å². The quantitative estimate of drug-likeness (QED) is 0.857. The number of nitrogens with one attached hydrogen (secondary N) is 1. The molecule has 0 unspecified atom stereocenters. The molecule has 1 N–H and O–H groups in total. The Labute approximate surface area is 132 Å². The molecule has 0 spiro atoms. The summed E-state index contributed by atoms with van der Waals surface area (Å²) in [6.45, 7) is 0.444. The zero-order chi connectivity index (χ0) is 15.4. The van der Waals surface area contributed by atoms with Crippen LogP contribution in [-0.2, 0) is 6.54 Å². The Morgan fingerprint density at radius 2 is 1.81 bits per heavy atom. The van der Waals surface area contributed by atoms with Crippen LogP contribution < -0.4 is 14.8 Å². The molecule has 2 aromatic rings. The number of methoxy groups -OCH3 is 2. The number of hydrogen-bond donors (Lipinski definition) is 1. The van der Waals surface area contributed by atoms with Gasteiger partial charge in [0.1, 0.15) is 5.82 Å². The van der Waals surface area contributed by atoms with Crippen molar-refractivity contribution in [2.45, 2.75) is 6.54 Å². The first-order valence-electron chi connectivity index (χ1n) is 6.14. The van der Waals surface area contributed by atoms with E-state index in [1.807, 2.05) is 0 Å². The van der Waals surface area contributed by atoms with Gasteiger partial charge in [0.15, 0.2) is 11.5 Å². The summed E-state index contributed by atoms with van der Waals surface area (Å²) in [5.41, 5.74) is 1.46. The molecular weight excluding hydrogens is 316 g/mol. The Balaban J connectivity index is 2.18. The molecule has 0 radical (unpaired) electrons. The Kier molecular flexibility index (Phi) is 5.15. The van der Waals surface area contributed by atoms with E-state index in [2.05, 4.69) is 5.32 Å². The molecule has 0 saturated heterocycles. The highest BCUT2D eigenvalue weighted by Gasteiger charge is 2.11. The maximum absolute atomic E-state index is 13.3. The van der Waals surface area contributed by atoms with E-state index in [9.17, 15) is 4.39 Å². The van der Waals surface area contributed by atoms with E-state index >= 15 is 0 Å². The topological polar surface area (TPSA) is 30.5 Å². The lowest BCUT2D eigenvalue weighted by Crippen LogP contribution is -2.01. The molecule has 0 aliphatic rings. The van der Waals surface area contributed by atoms with E-state index in [0.717, 1.165) is 5.56 Å². The van der Waals surface area contributed by atoms with Crippen molar-refractivity contribution in [2.75, 3.05) is 19.5 Å². The Morgan fingerprint density at radius 3 is 2.43 bits per heavy atom. The van der Waals surface area contributed by atoms with Gasteiger partial charge in [-0.2, -0.15) is 0 Å². The van der Waals surface area contributed by atoms with Crippen LogP contribution in [0.25, 0.3) is 0 Å². The van der Waals surface area contributed by atoms with Crippen LogP contribution in [0, 0.1) is 5.82 Å². The van der Waals surface area contributed by atoms with Crippen LogP contribution in [0.5, 0.6) is 11.5 Å². The van der Waals surface area contributed by atoms with Crippen molar-refractivity contribution in [3.05, 3.63) is 51.8 Å². The smallest absolute Gasteiger partial charge is 0.179 e. The number of hydrogen-bond acceptors (Lipinski definition) is 3. The highest BCUT2D eigenvalue weighted by atomic mass is 35.5. The first kappa shape index (κ1) is 15.7. The second-order valence-corrected chi connectivity index (χ2v) is 5.17. The van der Waals surface area contributed by atoms with Crippen molar-refractivity contribution in [3.63, 3.8) is 0 Å². The van der Waals surface area contributed by atoms with Crippen molar-refractivity contribution in [1.82, 2.24) is 0 Å². The Hall–Kier alpha value is -1.65. The van der Waals surface area contributed by atoms with Crippen LogP contribution in [0.2, 0.25) is 10.0 Å². The van der Waals surface area contributed by atoms with Crippen molar-refractivity contribution in [2.24, 2.45) is 0 Å². The maximum atomic E-state index is 13.3. The minimum atomic E-state index is -0.393. The third kappa shape index (κ3) is 3.93. The molecule has 0 atom stereocenters. The van der Waals surface area contributed by atoms with Crippen LogP contribution in [0.1, 0.15) is 5.56 Å². The zero-order valence-corrected chi connectivity index (χ0v) is 13.1. The molecular formula is C15H14Cl2FNO2. The number of ether oxygens (including phenoxy) is 2. The predicted octanol–water partition coefficient (Wildman–Crippen LogP) is 4.76. The molecule has 6 heteroatoms. The van der Waals surface area contributed by atoms with E-state index in [1.165, 1.54) is 26.4 Å². The summed E-state index contributed by atoms with van der Waals surface area (Å²) >= 11 is 11.9. The molecule has 0 aliphatic carbocycles. The van der Waals surface area contributed by atoms with Crippen molar-refractivity contribution >= 4 is 28.9 Å². The third-order valence-electron chi connectivity index (χ3n) is 2.85. The molecule has 2 aromatic carbocycles. The van der Waals surface area contributed by atoms with E-state index in [1.54, 1.807) is 18.2 Å². The van der Waals surface area contributed by atoms with Crippen LogP contribution >= 0.6 is 23.2 Å². The van der Waals surface area contributed by atoms with Gasteiger partial charge in [-0.05, 0) is 35.9 Å². The fourth-order valence-electron chi connectivity index (χ4n) is 1.93. The fourth-order valence-corrected chi connectivity index (χ4v) is 2.47. The van der Waals surface area contributed by atoms with Crippen molar-refractivity contribution in [3.8, 4) is 11.5 Å². The minimum absolute atomic E-state index is 0.336. The third-order valence-corrected chi connectivity index (χ3v) is 3.35. The largest absolute Gasteiger partial charge is 0.493 e. The second kappa shape index (κ2) is 6.87. The highest BCUT2D eigenvalue weighted by Crippen LogP contribution is 2.36. The van der Waals surface area contributed by atoms with Gasteiger partial charge in [-0.1, -0.05) is 23.2 Å². The van der Waals surface area contributed by atoms with E-state index < -0.39 is 5.82 Å². The van der Waals surface area contributed by atoms with Gasteiger partial charge in [0.05, 0.1) is 19.2 Å². The van der Waals surface area contributed by atoms with Crippen molar-refractivity contribution in [1.29, 1.82) is 0 Å². The second-order valence-electron chi connectivity index (χ2n) is 4.32. The number of anilines is 1. The SMILES string of the molecule is COc1cc(CNc2cc(F)cc(Cl)c2)cc(Cl)c1OC. The lowest BCUT2D eigenvalue weighted by molar-refractivity contribution is 0.355. The highest BCUT2D eigenvalue weighted by molar-refractivity contribution is 6.32. The van der Waals surface area contributed by atoms with Gasteiger partial charge < -0.3 is 14.8 Å². The molecule has 0 heterocycles. The van der Waals surface area contributed by atoms with Gasteiger partial charge in [0.25, 0.3) is 0 Å². The molecule has 3 nitrogen and oxygen atoms in total. The monoisotopic (exact) mass is 329 g/mol. The molecule has 0 aromatic heterocycles. The summed E-state index contributed by atoms with van der Waals surface area (Å²) in [5.74, 6) is 0.631. The molecule has 0 bridgehead atoms. The lowest BCUT2D eigenvalue weighted by Gasteiger charge is -2.13. The van der Waals surface area contributed by atoms with Gasteiger partial charge in [-0.25, -0.2) is 4.39 Å². The average Bonchev–Trinajstić information content (AvgIpc) is 2.43. The number of rotatable bonds is 5. The molecule has 0 aliphatic heterocycles. The summed E-state index contributed by atoms with van der Waals surface area (Å²) in [4.78, 5) is 0. The number of benzene rings is 2. The maximum Gasteiger partial charge on any atom is 0.179 e. The predicted molar refractivity (Wildman–Crippen MR) is 83.3 cm³/mol. The summed E-state index contributed by atoms with van der Waals surface area (Å²) in [6.07, 6.45) is 0. The van der Waals surface area contributed by atoms with Crippen LogP contribution in [0.4, 0.5) is 10.1 Å². The summed E-state index contributed by atoms with van der Waals surface area (Å²) in [7, 11) is 3.06. The fraction of sp³-hybridized carbons (Fsp3) is 0.200. The van der Waals surface area contributed by atoms with Crippen LogP contribution in [-0.4, -0.2) is 14.2 Å². The summed E-state index contributed by atoms with van der Waals surface area (Å²) in [6, 6.07) is 7.83.